The molecule has 1 fully saturated rings. The van der Waals surface area contributed by atoms with Gasteiger partial charge in [0.1, 0.15) is 12.2 Å². The number of rotatable bonds is 7. The van der Waals surface area contributed by atoms with Crippen molar-refractivity contribution in [3.8, 4) is 5.88 Å². The van der Waals surface area contributed by atoms with Gasteiger partial charge < -0.3 is 30.9 Å². The normalized spacial score (nSPS) is 19.5. The molecule has 0 atom stereocenters. The van der Waals surface area contributed by atoms with Crippen molar-refractivity contribution in [3.05, 3.63) is 17.4 Å². The molecule has 1 heterocycles. The van der Waals surface area contributed by atoms with Crippen LogP contribution in [0.25, 0.3) is 0 Å². The zero-order valence-corrected chi connectivity index (χ0v) is 16.9. The number of aliphatic hydroxyl groups excluding tert-OH is 1. The third kappa shape index (κ3) is 5.69. The van der Waals surface area contributed by atoms with E-state index in [0.29, 0.717) is 25.7 Å². The van der Waals surface area contributed by atoms with Gasteiger partial charge in [0.05, 0.1) is 6.61 Å². The van der Waals surface area contributed by atoms with Crippen LogP contribution in [0.1, 0.15) is 56.8 Å². The van der Waals surface area contributed by atoms with Crippen LogP contribution < -0.4 is 15.8 Å². The van der Waals surface area contributed by atoms with E-state index < -0.39 is 23.4 Å². The van der Waals surface area contributed by atoms with E-state index in [2.05, 4.69) is 10.3 Å². The van der Waals surface area contributed by atoms with Gasteiger partial charge in [0.25, 0.3) is 5.91 Å². The molecule has 0 aromatic carbocycles. The summed E-state index contributed by atoms with van der Waals surface area (Å²) in [6.07, 6.45) is 1.59. The van der Waals surface area contributed by atoms with Gasteiger partial charge in [-0.05, 0) is 52.5 Å². The first-order chi connectivity index (χ1) is 13.5. The van der Waals surface area contributed by atoms with E-state index in [-0.39, 0.29) is 42.6 Å². The summed E-state index contributed by atoms with van der Waals surface area (Å²) in [6, 6.07) is 0.750. The van der Waals surface area contributed by atoms with E-state index in [1.165, 1.54) is 4.90 Å². The SMILES string of the molecule is CC(C)(C)N(C(=O)O)C1CCC(Nc2nc(OCCO)c(C(N)=O)cc2F)CC1. The summed E-state index contributed by atoms with van der Waals surface area (Å²) < 4.78 is 19.6. The Morgan fingerprint density at radius 3 is 2.45 bits per heavy atom. The zero-order valence-electron chi connectivity index (χ0n) is 16.9. The number of halogens is 1. The molecule has 29 heavy (non-hydrogen) atoms. The lowest BCUT2D eigenvalue weighted by molar-refractivity contribution is 0.0556. The fourth-order valence-corrected chi connectivity index (χ4v) is 3.66. The van der Waals surface area contributed by atoms with Crippen LogP contribution in [0.5, 0.6) is 5.88 Å². The number of nitrogens with two attached hydrogens (primary N) is 1. The van der Waals surface area contributed by atoms with Gasteiger partial charge in [-0.15, -0.1) is 0 Å². The molecule has 0 spiro atoms. The number of hydrogen-bond acceptors (Lipinski definition) is 6. The zero-order chi connectivity index (χ0) is 21.8. The predicted octanol–water partition coefficient (Wildman–Crippen LogP) is 2.19. The summed E-state index contributed by atoms with van der Waals surface area (Å²) in [5.74, 6) is -1.84. The summed E-state index contributed by atoms with van der Waals surface area (Å²) in [4.78, 5) is 28.6. The monoisotopic (exact) mass is 412 g/mol. The molecule has 1 aliphatic carbocycles. The van der Waals surface area contributed by atoms with Gasteiger partial charge in [-0.2, -0.15) is 4.98 Å². The standard InChI is InChI=1S/C19H29FN4O5/c1-19(2,3)24(18(27)28)12-6-4-11(5-7-12)22-16-14(20)10-13(15(21)26)17(23-16)29-9-8-25/h10-12,25H,4-9H2,1-3H3,(H2,21,26)(H,22,23)(H,27,28). The molecule has 162 valence electrons. The van der Waals surface area contributed by atoms with Crippen molar-refractivity contribution in [2.45, 2.75) is 64.1 Å². The second-order valence-corrected chi connectivity index (χ2v) is 8.08. The third-order valence-electron chi connectivity index (χ3n) is 4.87. The van der Waals surface area contributed by atoms with Gasteiger partial charge in [-0.25, -0.2) is 9.18 Å². The van der Waals surface area contributed by atoms with Crippen LogP contribution in [0.2, 0.25) is 0 Å². The van der Waals surface area contributed by atoms with Gasteiger partial charge in [-0.3, -0.25) is 4.79 Å². The highest BCUT2D eigenvalue weighted by atomic mass is 19.1. The molecule has 0 aliphatic heterocycles. The first kappa shape index (κ1) is 22.7. The van der Waals surface area contributed by atoms with Gasteiger partial charge in [0.15, 0.2) is 11.6 Å². The van der Waals surface area contributed by atoms with E-state index in [9.17, 15) is 19.1 Å². The second kappa shape index (κ2) is 9.25. The Kier molecular flexibility index (Phi) is 7.23. The summed E-state index contributed by atoms with van der Waals surface area (Å²) >= 11 is 0. The Morgan fingerprint density at radius 2 is 1.97 bits per heavy atom. The molecule has 0 saturated heterocycles. The topological polar surface area (TPSA) is 138 Å². The van der Waals surface area contributed by atoms with Crippen molar-refractivity contribution in [1.29, 1.82) is 0 Å². The number of carbonyl (C=O) groups is 2. The average molecular weight is 412 g/mol. The van der Waals surface area contributed by atoms with Crippen molar-refractivity contribution in [2.24, 2.45) is 5.73 Å². The van der Waals surface area contributed by atoms with E-state index in [1.807, 2.05) is 20.8 Å². The van der Waals surface area contributed by atoms with Crippen LogP contribution in [0.4, 0.5) is 15.0 Å². The van der Waals surface area contributed by atoms with Crippen molar-refractivity contribution < 1.29 is 28.9 Å². The van der Waals surface area contributed by atoms with Crippen molar-refractivity contribution in [3.63, 3.8) is 0 Å². The average Bonchev–Trinajstić information content (AvgIpc) is 2.61. The van der Waals surface area contributed by atoms with Gasteiger partial charge >= 0.3 is 6.09 Å². The molecule has 1 saturated carbocycles. The molecule has 2 amide bonds. The highest BCUT2D eigenvalue weighted by Crippen LogP contribution is 2.31. The number of aromatic nitrogens is 1. The highest BCUT2D eigenvalue weighted by molar-refractivity contribution is 5.95. The van der Waals surface area contributed by atoms with Crippen LogP contribution >= 0.6 is 0 Å². The molecule has 1 aromatic rings. The van der Waals surface area contributed by atoms with Crippen molar-refractivity contribution in [1.82, 2.24) is 9.88 Å². The van der Waals surface area contributed by atoms with E-state index in [0.717, 1.165) is 6.07 Å². The largest absolute Gasteiger partial charge is 0.475 e. The molecule has 10 heteroatoms. The van der Waals surface area contributed by atoms with Gasteiger partial charge in [-0.1, -0.05) is 0 Å². The van der Waals surface area contributed by atoms with Crippen molar-refractivity contribution >= 4 is 17.8 Å². The molecule has 1 aromatic heterocycles. The number of carboxylic acid groups (broad SMARTS) is 1. The number of primary amides is 1. The summed E-state index contributed by atoms with van der Waals surface area (Å²) in [5, 5.41) is 21.5. The first-order valence-corrected chi connectivity index (χ1v) is 9.57. The molecule has 2 rings (SSSR count). The van der Waals surface area contributed by atoms with E-state index in [4.69, 9.17) is 15.6 Å². The minimum atomic E-state index is -0.950. The fourth-order valence-electron chi connectivity index (χ4n) is 3.66. The molecule has 9 nitrogen and oxygen atoms in total. The van der Waals surface area contributed by atoms with E-state index in [1.54, 1.807) is 0 Å². The Balaban J connectivity index is 2.10. The molecule has 5 N–H and O–H groups in total. The lowest BCUT2D eigenvalue weighted by Gasteiger charge is -2.42. The minimum absolute atomic E-state index is 0.0719. The smallest absolute Gasteiger partial charge is 0.407 e. The van der Waals surface area contributed by atoms with Crippen LogP contribution in [0.3, 0.4) is 0 Å². The fraction of sp³-hybridized carbons (Fsp3) is 0.632. The third-order valence-corrected chi connectivity index (χ3v) is 4.87. The Morgan fingerprint density at radius 1 is 1.34 bits per heavy atom. The molecular formula is C19H29FN4O5. The maximum absolute atomic E-state index is 14.4. The number of pyridine rings is 1. The quantitative estimate of drug-likeness (QED) is 0.538. The minimum Gasteiger partial charge on any atom is -0.475 e. The number of nitrogens with zero attached hydrogens (tertiary/aromatic N) is 2. The summed E-state index contributed by atoms with van der Waals surface area (Å²) in [6.45, 7) is 5.18. The van der Waals surface area contributed by atoms with Crippen LogP contribution in [-0.2, 0) is 0 Å². The van der Waals surface area contributed by atoms with Gasteiger partial charge in [0.2, 0.25) is 5.88 Å². The van der Waals surface area contributed by atoms with Crippen LogP contribution in [-0.4, -0.2) is 62.9 Å². The van der Waals surface area contributed by atoms with Gasteiger partial charge in [0, 0.05) is 17.6 Å². The van der Waals surface area contributed by atoms with Crippen LogP contribution in [0.15, 0.2) is 6.07 Å². The number of ether oxygens (including phenoxy) is 1. The molecule has 0 unspecified atom stereocenters. The maximum Gasteiger partial charge on any atom is 0.407 e. The number of hydrogen-bond donors (Lipinski definition) is 4. The second-order valence-electron chi connectivity index (χ2n) is 8.08. The molecule has 0 radical (unpaired) electrons. The number of carbonyl (C=O) groups excluding carboxylic acids is 1. The number of aliphatic hydroxyl groups is 1. The number of amides is 2. The molecule has 0 bridgehead atoms. The Bertz CT molecular complexity index is 745. The molecular weight excluding hydrogens is 383 g/mol. The van der Waals surface area contributed by atoms with E-state index >= 15 is 0 Å². The Hall–Kier alpha value is -2.62. The summed E-state index contributed by atoms with van der Waals surface area (Å²) in [5.41, 5.74) is 4.52. The highest BCUT2D eigenvalue weighted by Gasteiger charge is 2.35. The van der Waals surface area contributed by atoms with Crippen LogP contribution in [0, 0.1) is 5.82 Å². The summed E-state index contributed by atoms with van der Waals surface area (Å²) in [7, 11) is 0. The number of anilines is 1. The van der Waals surface area contributed by atoms with Crippen molar-refractivity contribution in [2.75, 3.05) is 18.5 Å². The maximum atomic E-state index is 14.4. The predicted molar refractivity (Wildman–Crippen MR) is 105 cm³/mol. The lowest BCUT2D eigenvalue weighted by atomic mass is 9.88. The first-order valence-electron chi connectivity index (χ1n) is 9.57. The Labute approximate surface area is 169 Å². The lowest BCUT2D eigenvalue weighted by Crippen LogP contribution is -2.52. The molecule has 1 aliphatic rings. The number of nitrogens with one attached hydrogen (secondary N) is 1.